The highest BCUT2D eigenvalue weighted by atomic mass is 35.5. The summed E-state index contributed by atoms with van der Waals surface area (Å²) in [6.07, 6.45) is 1.05. The molecule has 2 atom stereocenters. The molecule has 0 aromatic heterocycles. The Morgan fingerprint density at radius 1 is 0.958 bits per heavy atom. The van der Waals surface area contributed by atoms with E-state index in [-0.39, 0.29) is 5.82 Å². The molecule has 2 aromatic carbocycles. The van der Waals surface area contributed by atoms with Gasteiger partial charge in [-0.2, -0.15) is 0 Å². The van der Waals surface area contributed by atoms with Gasteiger partial charge in [0.25, 0.3) is 0 Å². The van der Waals surface area contributed by atoms with Crippen molar-refractivity contribution in [3.8, 4) is 0 Å². The van der Waals surface area contributed by atoms with Crippen molar-refractivity contribution in [2.24, 2.45) is 0 Å². The summed E-state index contributed by atoms with van der Waals surface area (Å²) in [7, 11) is 2.18. The monoisotopic (exact) mass is 344 g/mol. The number of likely N-dealkylation sites (N-methyl/N-ethyl adjacent to an activating group) is 1. The quantitative estimate of drug-likeness (QED) is 0.801. The molecule has 1 heterocycles. The molecule has 1 aliphatic heterocycles. The second kappa shape index (κ2) is 6.47. The standard InChI is InChI=1S/C20H22ClFN2/c1-23-8-10-24(11-9-23)20-13-18(14-2-5-16(22)6-3-14)17-7-4-15(21)12-19(17)20/h2-7,12,18,20H,8-11,13H2,1H3/t18-,20+/m0/s1. The molecule has 2 aromatic rings. The van der Waals surface area contributed by atoms with E-state index in [4.69, 9.17) is 11.6 Å². The maximum absolute atomic E-state index is 13.3. The average Bonchev–Trinajstić information content (AvgIpc) is 2.95. The Labute approximate surface area is 147 Å². The van der Waals surface area contributed by atoms with E-state index in [1.807, 2.05) is 18.2 Å². The van der Waals surface area contributed by atoms with Crippen LogP contribution in [0.2, 0.25) is 5.02 Å². The normalized spacial score (nSPS) is 25.0. The maximum Gasteiger partial charge on any atom is 0.123 e. The van der Waals surface area contributed by atoms with Crippen molar-refractivity contribution < 1.29 is 4.39 Å². The van der Waals surface area contributed by atoms with E-state index in [0.29, 0.717) is 12.0 Å². The van der Waals surface area contributed by atoms with Crippen molar-refractivity contribution in [3.63, 3.8) is 0 Å². The molecular formula is C20H22ClFN2. The molecule has 2 aliphatic rings. The predicted molar refractivity (Wildman–Crippen MR) is 96.1 cm³/mol. The van der Waals surface area contributed by atoms with E-state index >= 15 is 0 Å². The van der Waals surface area contributed by atoms with Crippen LogP contribution in [0.4, 0.5) is 4.39 Å². The van der Waals surface area contributed by atoms with E-state index in [0.717, 1.165) is 37.6 Å². The Morgan fingerprint density at radius 2 is 1.67 bits per heavy atom. The third-order valence-electron chi connectivity index (χ3n) is 5.49. The van der Waals surface area contributed by atoms with Gasteiger partial charge in [0.2, 0.25) is 0 Å². The SMILES string of the molecule is CN1CCN([C@@H]2C[C@@H](c3ccc(F)cc3)c3ccc(Cl)cc32)CC1. The lowest BCUT2D eigenvalue weighted by atomic mass is 9.93. The second-order valence-corrected chi connectivity index (χ2v) is 7.40. The van der Waals surface area contributed by atoms with Gasteiger partial charge < -0.3 is 4.90 Å². The molecule has 0 N–H and O–H groups in total. The minimum absolute atomic E-state index is 0.177. The van der Waals surface area contributed by atoms with Gasteiger partial charge in [-0.05, 0) is 54.4 Å². The van der Waals surface area contributed by atoms with Crippen molar-refractivity contribution >= 4 is 11.6 Å². The van der Waals surface area contributed by atoms with Gasteiger partial charge in [-0.15, -0.1) is 0 Å². The third-order valence-corrected chi connectivity index (χ3v) is 5.73. The Bertz CT molecular complexity index is 723. The molecule has 0 bridgehead atoms. The van der Waals surface area contributed by atoms with E-state index < -0.39 is 0 Å². The molecule has 0 radical (unpaired) electrons. The highest BCUT2D eigenvalue weighted by Crippen LogP contribution is 2.47. The number of hydrogen-bond acceptors (Lipinski definition) is 2. The van der Waals surface area contributed by atoms with Gasteiger partial charge in [0.15, 0.2) is 0 Å². The average molecular weight is 345 g/mol. The van der Waals surface area contributed by atoms with Crippen LogP contribution < -0.4 is 0 Å². The molecule has 0 saturated carbocycles. The van der Waals surface area contributed by atoms with Crippen molar-refractivity contribution in [2.75, 3.05) is 33.2 Å². The molecular weight excluding hydrogens is 323 g/mol. The first-order valence-electron chi connectivity index (χ1n) is 8.59. The molecule has 126 valence electrons. The lowest BCUT2D eigenvalue weighted by Gasteiger charge is -2.37. The smallest absolute Gasteiger partial charge is 0.123 e. The number of nitrogens with zero attached hydrogens (tertiary/aromatic N) is 2. The summed E-state index contributed by atoms with van der Waals surface area (Å²) in [6.45, 7) is 4.38. The van der Waals surface area contributed by atoms with Crippen LogP contribution in [-0.2, 0) is 0 Å². The molecule has 0 spiro atoms. The maximum atomic E-state index is 13.3. The number of benzene rings is 2. The van der Waals surface area contributed by atoms with Crippen LogP contribution in [0, 0.1) is 5.82 Å². The zero-order chi connectivity index (χ0) is 16.7. The third kappa shape index (κ3) is 2.97. The predicted octanol–water partition coefficient (Wildman–Crippen LogP) is 4.30. The number of fused-ring (bicyclic) bond motifs is 1. The molecule has 2 nitrogen and oxygen atoms in total. The van der Waals surface area contributed by atoms with E-state index in [1.54, 1.807) is 12.1 Å². The molecule has 4 rings (SSSR count). The molecule has 1 aliphatic carbocycles. The van der Waals surface area contributed by atoms with Crippen LogP contribution in [0.3, 0.4) is 0 Å². The van der Waals surface area contributed by atoms with Crippen molar-refractivity contribution in [2.45, 2.75) is 18.4 Å². The van der Waals surface area contributed by atoms with Crippen LogP contribution in [0.15, 0.2) is 42.5 Å². The lowest BCUT2D eigenvalue weighted by molar-refractivity contribution is 0.110. The number of hydrogen-bond donors (Lipinski definition) is 0. The summed E-state index contributed by atoms with van der Waals surface area (Å²) in [6, 6.07) is 13.6. The fourth-order valence-electron chi connectivity index (χ4n) is 4.12. The summed E-state index contributed by atoms with van der Waals surface area (Å²) < 4.78 is 13.3. The van der Waals surface area contributed by atoms with Crippen molar-refractivity contribution in [1.29, 1.82) is 0 Å². The van der Waals surface area contributed by atoms with Gasteiger partial charge >= 0.3 is 0 Å². The van der Waals surface area contributed by atoms with Gasteiger partial charge in [-0.3, -0.25) is 4.90 Å². The molecule has 24 heavy (non-hydrogen) atoms. The summed E-state index contributed by atoms with van der Waals surface area (Å²) in [5.74, 6) is 0.145. The Morgan fingerprint density at radius 3 is 2.38 bits per heavy atom. The molecule has 4 heteroatoms. The van der Waals surface area contributed by atoms with Crippen LogP contribution in [0.1, 0.15) is 35.1 Å². The zero-order valence-electron chi connectivity index (χ0n) is 13.9. The Balaban J connectivity index is 1.68. The van der Waals surface area contributed by atoms with E-state index in [1.165, 1.54) is 16.7 Å². The summed E-state index contributed by atoms with van der Waals surface area (Å²) in [5, 5.41) is 0.799. The second-order valence-electron chi connectivity index (χ2n) is 6.97. The van der Waals surface area contributed by atoms with Crippen molar-refractivity contribution in [3.05, 3.63) is 70.0 Å². The van der Waals surface area contributed by atoms with Gasteiger partial charge in [-0.25, -0.2) is 4.39 Å². The molecule has 1 saturated heterocycles. The zero-order valence-corrected chi connectivity index (χ0v) is 14.6. The highest BCUT2D eigenvalue weighted by Gasteiger charge is 2.36. The molecule has 0 unspecified atom stereocenters. The minimum Gasteiger partial charge on any atom is -0.304 e. The highest BCUT2D eigenvalue weighted by molar-refractivity contribution is 6.30. The van der Waals surface area contributed by atoms with Gasteiger partial charge in [0.1, 0.15) is 5.82 Å². The molecule has 0 amide bonds. The van der Waals surface area contributed by atoms with Crippen LogP contribution in [0.5, 0.6) is 0 Å². The topological polar surface area (TPSA) is 6.48 Å². The fourth-order valence-corrected chi connectivity index (χ4v) is 4.30. The summed E-state index contributed by atoms with van der Waals surface area (Å²) in [5.41, 5.74) is 3.88. The number of piperazine rings is 1. The Kier molecular flexibility index (Phi) is 4.33. The lowest BCUT2D eigenvalue weighted by Crippen LogP contribution is -2.45. The van der Waals surface area contributed by atoms with E-state index in [2.05, 4.69) is 29.0 Å². The Hall–Kier alpha value is -1.42. The van der Waals surface area contributed by atoms with Crippen LogP contribution >= 0.6 is 11.6 Å². The first kappa shape index (κ1) is 16.1. The van der Waals surface area contributed by atoms with Gasteiger partial charge in [0, 0.05) is 43.2 Å². The number of halogens is 2. The summed E-state index contributed by atoms with van der Waals surface area (Å²) in [4.78, 5) is 4.96. The van der Waals surface area contributed by atoms with E-state index in [9.17, 15) is 4.39 Å². The van der Waals surface area contributed by atoms with Gasteiger partial charge in [0.05, 0.1) is 0 Å². The minimum atomic E-state index is -0.177. The first-order valence-corrected chi connectivity index (χ1v) is 8.97. The van der Waals surface area contributed by atoms with Crippen LogP contribution in [0.25, 0.3) is 0 Å². The fraction of sp³-hybridized carbons (Fsp3) is 0.400. The number of rotatable bonds is 2. The first-order chi connectivity index (χ1) is 11.6. The largest absolute Gasteiger partial charge is 0.304 e. The molecule has 1 fully saturated rings. The van der Waals surface area contributed by atoms with Gasteiger partial charge in [-0.1, -0.05) is 29.8 Å². The summed E-state index contributed by atoms with van der Waals surface area (Å²) >= 11 is 6.29. The van der Waals surface area contributed by atoms with Crippen molar-refractivity contribution in [1.82, 2.24) is 9.80 Å². The van der Waals surface area contributed by atoms with Crippen LogP contribution in [-0.4, -0.2) is 43.0 Å².